The normalized spacial score (nSPS) is 11.0. The van der Waals surface area contributed by atoms with Crippen molar-refractivity contribution in [2.24, 2.45) is 0 Å². The van der Waals surface area contributed by atoms with Crippen LogP contribution in [0.3, 0.4) is 0 Å². The van der Waals surface area contributed by atoms with Gasteiger partial charge in [-0.3, -0.25) is 14.9 Å². The van der Waals surface area contributed by atoms with Gasteiger partial charge in [-0.2, -0.15) is 4.98 Å². The average molecular weight is 405 g/mol. The van der Waals surface area contributed by atoms with Crippen LogP contribution in [-0.4, -0.2) is 23.2 Å². The summed E-state index contributed by atoms with van der Waals surface area (Å²) < 4.78 is 46.3. The first-order chi connectivity index (χ1) is 13.8. The molecule has 2 amide bonds. The lowest BCUT2D eigenvalue weighted by molar-refractivity contribution is -0.274. The summed E-state index contributed by atoms with van der Waals surface area (Å²) in [6.07, 6.45) is -3.83. The Labute approximate surface area is 162 Å². The number of ether oxygens (including phenoxy) is 1. The number of carbonyl (C=O) groups is 2. The van der Waals surface area contributed by atoms with Crippen LogP contribution in [0.15, 0.2) is 65.3 Å². The fourth-order valence-electron chi connectivity index (χ4n) is 2.33. The highest BCUT2D eigenvalue weighted by molar-refractivity contribution is 6.03. The van der Waals surface area contributed by atoms with E-state index in [4.69, 9.17) is 4.42 Å². The lowest BCUT2D eigenvalue weighted by Crippen LogP contribution is -2.24. The average Bonchev–Trinajstić information content (AvgIpc) is 3.15. The Balaban J connectivity index is 1.61. The summed E-state index contributed by atoms with van der Waals surface area (Å²) in [4.78, 5) is 28.1. The molecule has 2 aromatic carbocycles. The molecule has 0 fully saturated rings. The Bertz CT molecular complexity index is 1000. The van der Waals surface area contributed by atoms with Crippen molar-refractivity contribution in [3.05, 3.63) is 77.7 Å². The highest BCUT2D eigenvalue weighted by Gasteiger charge is 2.32. The molecule has 0 spiro atoms. The molecule has 0 aliphatic heterocycles. The van der Waals surface area contributed by atoms with Crippen LogP contribution in [0.2, 0.25) is 0 Å². The Morgan fingerprint density at radius 2 is 1.69 bits per heavy atom. The van der Waals surface area contributed by atoms with E-state index in [1.165, 1.54) is 18.2 Å². The highest BCUT2D eigenvalue weighted by Crippen LogP contribution is 2.26. The smallest absolute Gasteiger partial charge is 0.431 e. The summed E-state index contributed by atoms with van der Waals surface area (Å²) in [7, 11) is 0. The van der Waals surface area contributed by atoms with Crippen molar-refractivity contribution in [2.75, 3.05) is 5.32 Å². The zero-order valence-electron chi connectivity index (χ0n) is 14.7. The van der Waals surface area contributed by atoms with Gasteiger partial charge in [0.2, 0.25) is 0 Å². The summed E-state index contributed by atoms with van der Waals surface area (Å²) in [5, 5.41) is 4.82. The molecule has 10 heteroatoms. The van der Waals surface area contributed by atoms with Gasteiger partial charge in [-0.05, 0) is 18.2 Å². The number of alkyl halides is 3. The third kappa shape index (κ3) is 5.58. The minimum atomic E-state index is -4.85. The zero-order chi connectivity index (χ0) is 20.9. The Hall–Kier alpha value is -3.82. The lowest BCUT2D eigenvalue weighted by atomic mass is 10.2. The van der Waals surface area contributed by atoms with Gasteiger partial charge in [0, 0.05) is 17.7 Å². The van der Waals surface area contributed by atoms with Crippen LogP contribution in [0, 0.1) is 0 Å². The second kappa shape index (κ2) is 8.46. The third-order valence-corrected chi connectivity index (χ3v) is 3.63. The molecule has 0 bridgehead atoms. The Morgan fingerprint density at radius 3 is 2.41 bits per heavy atom. The number of oxazole rings is 1. The second-order valence-corrected chi connectivity index (χ2v) is 5.70. The van der Waals surface area contributed by atoms with Gasteiger partial charge in [-0.15, -0.1) is 13.2 Å². The molecule has 150 valence electrons. The van der Waals surface area contributed by atoms with Crippen LogP contribution in [-0.2, 0) is 6.54 Å². The van der Waals surface area contributed by atoms with E-state index >= 15 is 0 Å². The number of aromatic nitrogens is 1. The minimum absolute atomic E-state index is 0.124. The molecule has 3 aromatic rings. The summed E-state index contributed by atoms with van der Waals surface area (Å²) in [5.41, 5.74) is 0.347. The third-order valence-electron chi connectivity index (χ3n) is 3.63. The summed E-state index contributed by atoms with van der Waals surface area (Å²) in [6, 6.07) is 13.5. The summed E-state index contributed by atoms with van der Waals surface area (Å²) in [5.74, 6) is -1.59. The van der Waals surface area contributed by atoms with Crippen LogP contribution in [0.5, 0.6) is 5.75 Å². The molecule has 0 aliphatic rings. The number of nitrogens with one attached hydrogen (secondary N) is 2. The van der Waals surface area contributed by atoms with E-state index in [1.807, 2.05) is 0 Å². The largest absolute Gasteiger partial charge is 0.573 e. The molecule has 3 rings (SSSR count). The van der Waals surface area contributed by atoms with Crippen LogP contribution in [0.25, 0.3) is 0 Å². The molecule has 7 nitrogen and oxygen atoms in total. The maximum Gasteiger partial charge on any atom is 0.573 e. The lowest BCUT2D eigenvalue weighted by Gasteiger charge is -2.13. The number of rotatable bonds is 6. The van der Waals surface area contributed by atoms with Crippen molar-refractivity contribution in [3.8, 4) is 5.75 Å². The zero-order valence-corrected chi connectivity index (χ0v) is 14.7. The highest BCUT2D eigenvalue weighted by atomic mass is 19.4. The van der Waals surface area contributed by atoms with Gasteiger partial charge < -0.3 is 14.5 Å². The van der Waals surface area contributed by atoms with E-state index in [0.717, 1.165) is 12.3 Å². The van der Waals surface area contributed by atoms with Crippen molar-refractivity contribution in [3.63, 3.8) is 0 Å². The molecule has 1 aromatic heterocycles. The number of halogens is 3. The van der Waals surface area contributed by atoms with E-state index in [9.17, 15) is 22.8 Å². The van der Waals surface area contributed by atoms with Gasteiger partial charge in [0.25, 0.3) is 11.8 Å². The molecule has 0 radical (unpaired) electrons. The summed E-state index contributed by atoms with van der Waals surface area (Å²) in [6.45, 7) is -0.232. The van der Waals surface area contributed by atoms with Crippen molar-refractivity contribution in [1.82, 2.24) is 10.3 Å². The monoisotopic (exact) mass is 405 g/mol. The van der Waals surface area contributed by atoms with Gasteiger partial charge >= 0.3 is 12.4 Å². The Morgan fingerprint density at radius 1 is 1.00 bits per heavy atom. The molecular weight excluding hydrogens is 391 g/mol. The molecule has 29 heavy (non-hydrogen) atoms. The van der Waals surface area contributed by atoms with Crippen LogP contribution in [0.4, 0.5) is 19.2 Å². The number of para-hydroxylation sites is 1. The molecule has 1 heterocycles. The number of nitrogens with zero attached hydrogens (tertiary/aromatic N) is 1. The van der Waals surface area contributed by atoms with Gasteiger partial charge in [0.1, 0.15) is 12.0 Å². The van der Waals surface area contributed by atoms with Crippen LogP contribution in [0.1, 0.15) is 26.4 Å². The van der Waals surface area contributed by atoms with Gasteiger partial charge in [0.05, 0.1) is 0 Å². The second-order valence-electron chi connectivity index (χ2n) is 5.70. The molecule has 0 aliphatic carbocycles. The Kier molecular flexibility index (Phi) is 5.82. The van der Waals surface area contributed by atoms with Crippen molar-refractivity contribution in [2.45, 2.75) is 12.9 Å². The molecule has 0 atom stereocenters. The fourth-order valence-corrected chi connectivity index (χ4v) is 2.33. The maximum atomic E-state index is 12.4. The first kappa shape index (κ1) is 19.9. The first-order valence-electron chi connectivity index (χ1n) is 8.25. The number of amides is 2. The topological polar surface area (TPSA) is 93.5 Å². The minimum Gasteiger partial charge on any atom is -0.431 e. The number of anilines is 1. The van der Waals surface area contributed by atoms with E-state index in [2.05, 4.69) is 20.4 Å². The summed E-state index contributed by atoms with van der Waals surface area (Å²) >= 11 is 0. The van der Waals surface area contributed by atoms with Gasteiger partial charge in [-0.25, -0.2) is 0 Å². The molecular formula is C19H14F3N3O4. The fraction of sp³-hybridized carbons (Fsp3) is 0.105. The van der Waals surface area contributed by atoms with Gasteiger partial charge in [-0.1, -0.05) is 36.4 Å². The van der Waals surface area contributed by atoms with Crippen LogP contribution >= 0.6 is 0 Å². The molecule has 0 saturated carbocycles. The number of carbonyl (C=O) groups excluding carboxylic acids is 2. The van der Waals surface area contributed by atoms with E-state index in [0.29, 0.717) is 5.56 Å². The predicted molar refractivity (Wildman–Crippen MR) is 95.2 cm³/mol. The first-order valence-corrected chi connectivity index (χ1v) is 8.25. The standard InChI is InChI=1S/C19H14F3N3O4/c20-19(21,22)29-15-9-5-4-8-13(15)10-23-17(27)14-11-28-18(24-14)25-16(26)12-6-2-1-3-7-12/h1-9,11H,10H2,(H,23,27)(H,24,25,26). The number of hydrogen-bond acceptors (Lipinski definition) is 5. The molecule has 0 unspecified atom stereocenters. The van der Waals surface area contributed by atoms with Crippen LogP contribution < -0.4 is 15.4 Å². The maximum absolute atomic E-state index is 12.4. The van der Waals surface area contributed by atoms with Crippen molar-refractivity contribution in [1.29, 1.82) is 0 Å². The van der Waals surface area contributed by atoms with Gasteiger partial charge in [0.15, 0.2) is 5.69 Å². The number of hydrogen-bond donors (Lipinski definition) is 2. The number of benzene rings is 2. The van der Waals surface area contributed by atoms with E-state index < -0.39 is 23.9 Å². The van der Waals surface area contributed by atoms with Crippen molar-refractivity contribution >= 4 is 17.8 Å². The molecule has 0 saturated heterocycles. The molecule has 2 N–H and O–H groups in total. The van der Waals surface area contributed by atoms with Crippen molar-refractivity contribution < 1.29 is 31.9 Å². The van der Waals surface area contributed by atoms with E-state index in [1.54, 1.807) is 30.3 Å². The predicted octanol–water partition coefficient (Wildman–Crippen LogP) is 3.76. The van der Waals surface area contributed by atoms with E-state index in [-0.39, 0.29) is 23.8 Å². The SMILES string of the molecule is O=C(Nc1nc(C(=O)NCc2ccccc2OC(F)(F)F)co1)c1ccccc1. The quantitative estimate of drug-likeness (QED) is 0.652.